The van der Waals surface area contributed by atoms with E-state index in [2.05, 4.69) is 0 Å². The molecular formula is C21H18FNO2. The standard InChI is InChI=1S/C21H18FNO2/c22-15-10-19(21-20(11-15)24-13-16(12-23)25-21)18-9-5-4-8-17(18)14-6-2-1-3-7-14/h1-11,16H,12-13,23H2/t16-/m0/s1. The van der Waals surface area contributed by atoms with Gasteiger partial charge in [0.25, 0.3) is 0 Å². The van der Waals surface area contributed by atoms with Crippen LogP contribution in [0.2, 0.25) is 0 Å². The minimum Gasteiger partial charge on any atom is -0.486 e. The SMILES string of the molecule is NC[C@H]1COc2cc(F)cc(-c3ccccc3-c3ccccc3)c2O1. The van der Waals surface area contributed by atoms with Gasteiger partial charge in [-0.25, -0.2) is 4.39 Å². The molecule has 0 saturated heterocycles. The molecule has 4 rings (SSSR count). The van der Waals surface area contributed by atoms with Gasteiger partial charge in [0.05, 0.1) is 0 Å². The molecule has 0 spiro atoms. The molecule has 1 aliphatic heterocycles. The van der Waals surface area contributed by atoms with Crippen molar-refractivity contribution in [2.24, 2.45) is 5.73 Å². The van der Waals surface area contributed by atoms with Crippen LogP contribution in [0, 0.1) is 5.82 Å². The van der Waals surface area contributed by atoms with Gasteiger partial charge in [-0.1, -0.05) is 54.6 Å². The van der Waals surface area contributed by atoms with Crippen LogP contribution in [0.15, 0.2) is 66.7 Å². The van der Waals surface area contributed by atoms with Crippen LogP contribution in [-0.2, 0) is 0 Å². The Morgan fingerprint density at radius 2 is 1.64 bits per heavy atom. The quantitative estimate of drug-likeness (QED) is 0.778. The van der Waals surface area contributed by atoms with Crippen LogP contribution in [0.4, 0.5) is 4.39 Å². The number of ether oxygens (including phenoxy) is 2. The third kappa shape index (κ3) is 2.96. The predicted molar refractivity (Wildman–Crippen MR) is 96.2 cm³/mol. The van der Waals surface area contributed by atoms with Gasteiger partial charge in [0, 0.05) is 18.2 Å². The second-order valence-electron chi connectivity index (χ2n) is 5.98. The van der Waals surface area contributed by atoms with Gasteiger partial charge in [-0.2, -0.15) is 0 Å². The Morgan fingerprint density at radius 3 is 2.40 bits per heavy atom. The molecule has 0 radical (unpaired) electrons. The van der Waals surface area contributed by atoms with Crippen LogP contribution in [0.5, 0.6) is 11.5 Å². The summed E-state index contributed by atoms with van der Waals surface area (Å²) in [4.78, 5) is 0. The third-order valence-corrected chi connectivity index (χ3v) is 4.29. The maximum absolute atomic E-state index is 14.2. The molecule has 25 heavy (non-hydrogen) atoms. The van der Waals surface area contributed by atoms with Gasteiger partial charge in [0.2, 0.25) is 0 Å². The predicted octanol–water partition coefficient (Wildman–Crippen LogP) is 4.26. The molecule has 3 aromatic carbocycles. The summed E-state index contributed by atoms with van der Waals surface area (Å²) in [5.41, 5.74) is 9.36. The summed E-state index contributed by atoms with van der Waals surface area (Å²) < 4.78 is 25.9. The number of hydrogen-bond donors (Lipinski definition) is 1. The zero-order valence-corrected chi connectivity index (χ0v) is 13.6. The molecule has 3 aromatic rings. The first-order valence-corrected chi connectivity index (χ1v) is 8.24. The monoisotopic (exact) mass is 335 g/mol. The number of benzene rings is 3. The topological polar surface area (TPSA) is 44.5 Å². The molecule has 1 atom stereocenters. The van der Waals surface area contributed by atoms with E-state index in [0.29, 0.717) is 30.2 Å². The Kier molecular flexibility index (Phi) is 4.12. The van der Waals surface area contributed by atoms with Crippen molar-refractivity contribution in [2.45, 2.75) is 6.10 Å². The van der Waals surface area contributed by atoms with E-state index >= 15 is 0 Å². The lowest BCUT2D eigenvalue weighted by atomic mass is 9.93. The van der Waals surface area contributed by atoms with Gasteiger partial charge < -0.3 is 15.2 Å². The minimum atomic E-state index is -0.355. The van der Waals surface area contributed by atoms with Crippen LogP contribution in [0.1, 0.15) is 0 Å². The average Bonchev–Trinajstić information content (AvgIpc) is 2.67. The van der Waals surface area contributed by atoms with Crippen LogP contribution in [0.3, 0.4) is 0 Å². The van der Waals surface area contributed by atoms with Gasteiger partial charge >= 0.3 is 0 Å². The Hall–Kier alpha value is -2.85. The average molecular weight is 335 g/mol. The fraction of sp³-hybridized carbons (Fsp3) is 0.143. The highest BCUT2D eigenvalue weighted by Gasteiger charge is 2.25. The van der Waals surface area contributed by atoms with Crippen molar-refractivity contribution in [3.63, 3.8) is 0 Å². The van der Waals surface area contributed by atoms with Gasteiger partial charge in [-0.05, 0) is 22.8 Å². The molecule has 0 bridgehead atoms. The van der Waals surface area contributed by atoms with Crippen molar-refractivity contribution in [1.82, 2.24) is 0 Å². The second-order valence-corrected chi connectivity index (χ2v) is 5.98. The maximum Gasteiger partial charge on any atom is 0.169 e. The molecule has 1 heterocycles. The second kappa shape index (κ2) is 6.57. The van der Waals surface area contributed by atoms with E-state index in [0.717, 1.165) is 16.7 Å². The molecule has 126 valence electrons. The first-order valence-electron chi connectivity index (χ1n) is 8.24. The Labute approximate surface area is 145 Å². The summed E-state index contributed by atoms with van der Waals surface area (Å²) >= 11 is 0. The van der Waals surface area contributed by atoms with Gasteiger partial charge in [-0.15, -0.1) is 0 Å². The highest BCUT2D eigenvalue weighted by molar-refractivity contribution is 5.87. The molecule has 2 N–H and O–H groups in total. The largest absolute Gasteiger partial charge is 0.486 e. The highest BCUT2D eigenvalue weighted by Crippen LogP contribution is 2.44. The zero-order valence-electron chi connectivity index (χ0n) is 13.6. The highest BCUT2D eigenvalue weighted by atomic mass is 19.1. The lowest BCUT2D eigenvalue weighted by Crippen LogP contribution is -2.36. The molecule has 0 saturated carbocycles. The van der Waals surface area contributed by atoms with Crippen LogP contribution in [-0.4, -0.2) is 19.3 Å². The summed E-state index contributed by atoms with van der Waals surface area (Å²) in [6.07, 6.45) is -0.236. The number of hydrogen-bond acceptors (Lipinski definition) is 3. The summed E-state index contributed by atoms with van der Waals surface area (Å²) in [7, 11) is 0. The van der Waals surface area contributed by atoms with Gasteiger partial charge in [0.15, 0.2) is 11.5 Å². The number of fused-ring (bicyclic) bond motifs is 1. The Bertz CT molecular complexity index is 896. The van der Waals surface area contributed by atoms with E-state index < -0.39 is 0 Å². The summed E-state index contributed by atoms with van der Waals surface area (Å²) in [6, 6.07) is 20.7. The van der Waals surface area contributed by atoms with E-state index in [4.69, 9.17) is 15.2 Å². The molecule has 1 aliphatic rings. The number of nitrogens with two attached hydrogens (primary N) is 1. The Morgan fingerprint density at radius 1 is 0.920 bits per heavy atom. The van der Waals surface area contributed by atoms with Crippen molar-refractivity contribution in [3.8, 4) is 33.8 Å². The fourth-order valence-electron chi connectivity index (χ4n) is 3.08. The maximum atomic E-state index is 14.2. The van der Waals surface area contributed by atoms with E-state index in [1.165, 1.54) is 12.1 Å². The van der Waals surface area contributed by atoms with Crippen LogP contribution in [0.25, 0.3) is 22.3 Å². The van der Waals surface area contributed by atoms with Crippen molar-refractivity contribution in [3.05, 3.63) is 72.5 Å². The number of rotatable bonds is 3. The minimum absolute atomic E-state index is 0.236. The molecule has 3 nitrogen and oxygen atoms in total. The van der Waals surface area contributed by atoms with Crippen molar-refractivity contribution in [1.29, 1.82) is 0 Å². The summed E-state index contributed by atoms with van der Waals surface area (Å²) in [5.74, 6) is 0.612. The molecule has 0 amide bonds. The first kappa shape index (κ1) is 15.7. The van der Waals surface area contributed by atoms with Crippen LogP contribution >= 0.6 is 0 Å². The third-order valence-electron chi connectivity index (χ3n) is 4.29. The van der Waals surface area contributed by atoms with Crippen molar-refractivity contribution in [2.75, 3.05) is 13.2 Å². The zero-order chi connectivity index (χ0) is 17.2. The smallest absolute Gasteiger partial charge is 0.169 e. The lowest BCUT2D eigenvalue weighted by molar-refractivity contribution is 0.0971. The summed E-state index contributed by atoms with van der Waals surface area (Å²) in [5, 5.41) is 0. The van der Waals surface area contributed by atoms with Crippen molar-refractivity contribution < 1.29 is 13.9 Å². The fourth-order valence-corrected chi connectivity index (χ4v) is 3.08. The molecule has 0 aliphatic carbocycles. The Balaban J connectivity index is 1.91. The molecule has 0 unspecified atom stereocenters. The number of halogens is 1. The molecular weight excluding hydrogens is 317 g/mol. The van der Waals surface area contributed by atoms with Crippen molar-refractivity contribution >= 4 is 0 Å². The van der Waals surface area contributed by atoms with E-state index in [1.54, 1.807) is 0 Å². The normalized spacial score (nSPS) is 15.8. The first-order chi connectivity index (χ1) is 12.3. The van der Waals surface area contributed by atoms with E-state index in [9.17, 15) is 4.39 Å². The molecule has 0 aromatic heterocycles. The van der Waals surface area contributed by atoms with E-state index in [1.807, 2.05) is 54.6 Å². The summed E-state index contributed by atoms with van der Waals surface area (Å²) in [6.45, 7) is 0.670. The molecule has 4 heteroatoms. The van der Waals surface area contributed by atoms with Crippen LogP contribution < -0.4 is 15.2 Å². The van der Waals surface area contributed by atoms with E-state index in [-0.39, 0.29) is 11.9 Å². The molecule has 0 fully saturated rings. The lowest BCUT2D eigenvalue weighted by Gasteiger charge is -2.28. The van der Waals surface area contributed by atoms with Gasteiger partial charge in [0.1, 0.15) is 18.5 Å². The van der Waals surface area contributed by atoms with Gasteiger partial charge in [-0.3, -0.25) is 0 Å².